The van der Waals surface area contributed by atoms with E-state index in [1.165, 1.54) is 0 Å². The standard InChI is InChI=1S/C14H14BrN3O.ClH/c15-11-5-2-1-4-10(11)6-7-12-17-13(18-19-12)14(16)8-3-9-14;/h1-2,4-7H,3,8-9,16H2;1H/b7-6+;. The third-order valence-electron chi connectivity index (χ3n) is 3.44. The molecule has 4 nitrogen and oxygen atoms in total. The highest BCUT2D eigenvalue weighted by atomic mass is 79.9. The van der Waals surface area contributed by atoms with Gasteiger partial charge in [-0.2, -0.15) is 4.98 Å². The van der Waals surface area contributed by atoms with Crippen molar-refractivity contribution in [3.63, 3.8) is 0 Å². The van der Waals surface area contributed by atoms with Crippen molar-refractivity contribution in [3.8, 4) is 0 Å². The molecule has 0 saturated heterocycles. The minimum atomic E-state index is -0.372. The van der Waals surface area contributed by atoms with E-state index in [1.54, 1.807) is 6.08 Å². The lowest BCUT2D eigenvalue weighted by Gasteiger charge is -2.34. The summed E-state index contributed by atoms with van der Waals surface area (Å²) in [5.74, 6) is 1.10. The summed E-state index contributed by atoms with van der Waals surface area (Å²) in [6.07, 6.45) is 6.73. The number of rotatable bonds is 3. The molecule has 0 spiro atoms. The summed E-state index contributed by atoms with van der Waals surface area (Å²) in [7, 11) is 0. The van der Waals surface area contributed by atoms with Gasteiger partial charge in [-0.15, -0.1) is 12.4 Å². The van der Waals surface area contributed by atoms with Crippen LogP contribution in [0.25, 0.3) is 12.2 Å². The molecule has 1 fully saturated rings. The number of hydrogen-bond donors (Lipinski definition) is 1. The molecule has 1 aliphatic rings. The van der Waals surface area contributed by atoms with Crippen LogP contribution in [0.15, 0.2) is 33.3 Å². The smallest absolute Gasteiger partial charge is 0.250 e. The van der Waals surface area contributed by atoms with E-state index in [4.69, 9.17) is 10.3 Å². The van der Waals surface area contributed by atoms with Crippen LogP contribution in [0.4, 0.5) is 0 Å². The largest absolute Gasteiger partial charge is 0.335 e. The Bertz CT molecular complexity index is 622. The lowest BCUT2D eigenvalue weighted by molar-refractivity contribution is 0.229. The van der Waals surface area contributed by atoms with Gasteiger partial charge >= 0.3 is 0 Å². The number of aromatic nitrogens is 2. The van der Waals surface area contributed by atoms with Crippen molar-refractivity contribution in [3.05, 3.63) is 46.0 Å². The molecular formula is C14H15BrClN3O. The van der Waals surface area contributed by atoms with Gasteiger partial charge in [0.1, 0.15) is 0 Å². The number of nitrogens with zero attached hydrogens (tertiary/aromatic N) is 2. The molecule has 1 aromatic carbocycles. The Labute approximate surface area is 132 Å². The average Bonchev–Trinajstić information content (AvgIpc) is 2.84. The summed E-state index contributed by atoms with van der Waals surface area (Å²) in [6.45, 7) is 0. The Hall–Kier alpha value is -1.17. The topological polar surface area (TPSA) is 64.9 Å². The van der Waals surface area contributed by atoms with Crippen molar-refractivity contribution in [2.24, 2.45) is 5.73 Å². The summed E-state index contributed by atoms with van der Waals surface area (Å²) in [4.78, 5) is 4.34. The molecule has 1 aliphatic carbocycles. The fourth-order valence-electron chi connectivity index (χ4n) is 2.06. The summed E-state index contributed by atoms with van der Waals surface area (Å²) in [6, 6.07) is 7.95. The molecule has 1 heterocycles. The van der Waals surface area contributed by atoms with Crippen LogP contribution in [0.1, 0.15) is 36.5 Å². The molecule has 1 saturated carbocycles. The van der Waals surface area contributed by atoms with Gasteiger partial charge in [-0.1, -0.05) is 39.3 Å². The quantitative estimate of drug-likeness (QED) is 0.909. The maximum atomic E-state index is 6.15. The van der Waals surface area contributed by atoms with E-state index >= 15 is 0 Å². The minimum absolute atomic E-state index is 0. The summed E-state index contributed by atoms with van der Waals surface area (Å²) < 4.78 is 6.23. The first-order valence-electron chi connectivity index (χ1n) is 6.23. The Morgan fingerprint density at radius 2 is 2.00 bits per heavy atom. The molecule has 1 aromatic heterocycles. The van der Waals surface area contributed by atoms with E-state index in [0.717, 1.165) is 29.3 Å². The van der Waals surface area contributed by atoms with Gasteiger partial charge in [-0.25, -0.2) is 0 Å². The van der Waals surface area contributed by atoms with Crippen molar-refractivity contribution >= 4 is 40.5 Å². The molecule has 0 aliphatic heterocycles. The van der Waals surface area contributed by atoms with Crippen LogP contribution in [-0.2, 0) is 5.54 Å². The zero-order valence-electron chi connectivity index (χ0n) is 10.8. The molecule has 2 N–H and O–H groups in total. The predicted octanol–water partition coefficient (Wildman–Crippen LogP) is 3.76. The van der Waals surface area contributed by atoms with Gasteiger partial charge in [0.05, 0.1) is 5.54 Å². The molecule has 0 unspecified atom stereocenters. The van der Waals surface area contributed by atoms with Crippen LogP contribution < -0.4 is 5.73 Å². The van der Waals surface area contributed by atoms with Crippen molar-refractivity contribution in [1.82, 2.24) is 10.1 Å². The van der Waals surface area contributed by atoms with E-state index in [2.05, 4.69) is 26.1 Å². The van der Waals surface area contributed by atoms with Crippen LogP contribution in [0, 0.1) is 0 Å². The Morgan fingerprint density at radius 1 is 1.25 bits per heavy atom. The number of halogens is 2. The zero-order chi connectivity index (χ0) is 13.3. The second-order valence-corrected chi connectivity index (χ2v) is 5.68. The van der Waals surface area contributed by atoms with Crippen molar-refractivity contribution in [1.29, 1.82) is 0 Å². The third kappa shape index (κ3) is 2.95. The second-order valence-electron chi connectivity index (χ2n) is 4.82. The fourth-order valence-corrected chi connectivity index (χ4v) is 2.47. The maximum absolute atomic E-state index is 6.15. The van der Waals surface area contributed by atoms with Gasteiger partial charge in [-0.05, 0) is 37.0 Å². The molecule has 2 aromatic rings. The molecule has 3 rings (SSSR count). The lowest BCUT2D eigenvalue weighted by atomic mass is 9.77. The molecular weight excluding hydrogens is 342 g/mol. The number of benzene rings is 1. The van der Waals surface area contributed by atoms with E-state index in [0.29, 0.717) is 11.7 Å². The number of nitrogens with two attached hydrogens (primary N) is 1. The molecule has 0 amide bonds. The first kappa shape index (κ1) is 15.2. The van der Waals surface area contributed by atoms with Gasteiger partial charge in [-0.3, -0.25) is 0 Å². The van der Waals surface area contributed by atoms with Gasteiger partial charge in [0.25, 0.3) is 5.89 Å². The van der Waals surface area contributed by atoms with Gasteiger partial charge in [0.15, 0.2) is 5.82 Å². The average molecular weight is 357 g/mol. The zero-order valence-corrected chi connectivity index (χ0v) is 13.2. The van der Waals surface area contributed by atoms with Crippen molar-refractivity contribution < 1.29 is 4.52 Å². The Kier molecular flexibility index (Phi) is 4.62. The van der Waals surface area contributed by atoms with Crippen LogP contribution in [0.5, 0.6) is 0 Å². The highest BCUT2D eigenvalue weighted by Gasteiger charge is 2.38. The van der Waals surface area contributed by atoms with E-state index in [9.17, 15) is 0 Å². The third-order valence-corrected chi connectivity index (χ3v) is 4.17. The van der Waals surface area contributed by atoms with Crippen molar-refractivity contribution in [2.75, 3.05) is 0 Å². The van der Waals surface area contributed by atoms with E-state index in [-0.39, 0.29) is 17.9 Å². The van der Waals surface area contributed by atoms with Crippen LogP contribution in [0.2, 0.25) is 0 Å². The predicted molar refractivity (Wildman–Crippen MR) is 84.3 cm³/mol. The lowest BCUT2D eigenvalue weighted by Crippen LogP contribution is -2.44. The molecule has 0 radical (unpaired) electrons. The molecule has 0 bridgehead atoms. The summed E-state index contributed by atoms with van der Waals surface area (Å²) >= 11 is 3.49. The first-order chi connectivity index (χ1) is 9.17. The SMILES string of the molecule is Cl.NC1(c2noc(/C=C/c3ccccc3Br)n2)CCC1. The molecule has 6 heteroatoms. The van der Waals surface area contributed by atoms with Crippen LogP contribution in [-0.4, -0.2) is 10.1 Å². The van der Waals surface area contributed by atoms with Crippen LogP contribution >= 0.6 is 28.3 Å². The highest BCUT2D eigenvalue weighted by molar-refractivity contribution is 9.10. The van der Waals surface area contributed by atoms with E-state index in [1.807, 2.05) is 30.3 Å². The molecule has 20 heavy (non-hydrogen) atoms. The van der Waals surface area contributed by atoms with Crippen LogP contribution in [0.3, 0.4) is 0 Å². The second kappa shape index (κ2) is 6.08. The highest BCUT2D eigenvalue weighted by Crippen LogP contribution is 2.36. The minimum Gasteiger partial charge on any atom is -0.335 e. The monoisotopic (exact) mass is 355 g/mol. The summed E-state index contributed by atoms with van der Waals surface area (Å²) in [5.41, 5.74) is 6.84. The molecule has 106 valence electrons. The Morgan fingerprint density at radius 3 is 2.65 bits per heavy atom. The first-order valence-corrected chi connectivity index (χ1v) is 7.02. The number of hydrogen-bond acceptors (Lipinski definition) is 4. The van der Waals surface area contributed by atoms with Crippen molar-refractivity contribution in [2.45, 2.75) is 24.8 Å². The molecule has 0 atom stereocenters. The van der Waals surface area contributed by atoms with E-state index < -0.39 is 0 Å². The van der Waals surface area contributed by atoms with Gasteiger partial charge in [0.2, 0.25) is 0 Å². The Balaban J connectivity index is 0.00000147. The fraction of sp³-hybridized carbons (Fsp3) is 0.286. The van der Waals surface area contributed by atoms with Gasteiger partial charge < -0.3 is 10.3 Å². The van der Waals surface area contributed by atoms with Gasteiger partial charge in [0, 0.05) is 10.5 Å². The summed E-state index contributed by atoms with van der Waals surface area (Å²) in [5, 5.41) is 3.97. The maximum Gasteiger partial charge on any atom is 0.250 e. The normalized spacial score (nSPS) is 16.7.